The van der Waals surface area contributed by atoms with Gasteiger partial charge in [-0.25, -0.2) is 0 Å². The molecule has 128 valence electrons. The van der Waals surface area contributed by atoms with Crippen molar-refractivity contribution in [1.82, 2.24) is 20.1 Å². The predicted molar refractivity (Wildman–Crippen MR) is 93.0 cm³/mol. The Labute approximate surface area is 143 Å². The van der Waals surface area contributed by atoms with Crippen molar-refractivity contribution in [2.24, 2.45) is 0 Å². The summed E-state index contributed by atoms with van der Waals surface area (Å²) in [7, 11) is 0. The first-order valence-corrected chi connectivity index (χ1v) is 9.03. The fourth-order valence-electron chi connectivity index (χ4n) is 3.77. The van der Waals surface area contributed by atoms with E-state index in [4.69, 9.17) is 4.74 Å². The third-order valence-electron chi connectivity index (χ3n) is 4.93. The highest BCUT2D eigenvalue weighted by molar-refractivity contribution is 5.41. The summed E-state index contributed by atoms with van der Waals surface area (Å²) in [5.41, 5.74) is 2.54. The van der Waals surface area contributed by atoms with Crippen LogP contribution in [0.2, 0.25) is 0 Å². The van der Waals surface area contributed by atoms with Crippen LogP contribution in [0.15, 0.2) is 18.2 Å². The highest BCUT2D eigenvalue weighted by Gasteiger charge is 2.29. The molecule has 0 aliphatic carbocycles. The molecule has 5 heteroatoms. The van der Waals surface area contributed by atoms with Gasteiger partial charge in [0.1, 0.15) is 23.0 Å². The van der Waals surface area contributed by atoms with E-state index in [9.17, 15) is 0 Å². The zero-order valence-electron chi connectivity index (χ0n) is 14.6. The molecule has 0 spiro atoms. The molecule has 2 aliphatic heterocycles. The van der Waals surface area contributed by atoms with Crippen LogP contribution in [0.3, 0.4) is 0 Å². The molecule has 0 atom stereocenters. The molecule has 0 saturated heterocycles. The van der Waals surface area contributed by atoms with Crippen molar-refractivity contribution in [3.05, 3.63) is 41.0 Å². The highest BCUT2D eigenvalue weighted by Crippen LogP contribution is 2.35. The number of aryl methyl sites for hydroxylation is 1. The molecule has 0 bridgehead atoms. The number of nitrogens with zero attached hydrogens (tertiary/aromatic N) is 3. The zero-order valence-corrected chi connectivity index (χ0v) is 14.6. The van der Waals surface area contributed by atoms with Crippen LogP contribution in [0, 0.1) is 0 Å². The van der Waals surface area contributed by atoms with Gasteiger partial charge in [-0.05, 0) is 43.9 Å². The van der Waals surface area contributed by atoms with E-state index in [1.807, 2.05) is 0 Å². The second-order valence-corrected chi connectivity index (χ2v) is 7.58. The zero-order chi connectivity index (χ0) is 16.6. The van der Waals surface area contributed by atoms with Gasteiger partial charge in [0.25, 0.3) is 0 Å². The van der Waals surface area contributed by atoms with Crippen LogP contribution >= 0.6 is 0 Å². The van der Waals surface area contributed by atoms with Crippen molar-refractivity contribution in [1.29, 1.82) is 0 Å². The monoisotopic (exact) mass is 326 g/mol. The number of aromatic nitrogens is 3. The van der Waals surface area contributed by atoms with Crippen LogP contribution in [-0.2, 0) is 32.5 Å². The number of hydrogen-bond acceptors (Lipinski definition) is 4. The lowest BCUT2D eigenvalue weighted by Crippen LogP contribution is -2.24. The average Bonchev–Trinajstić information content (AvgIpc) is 2.96. The smallest absolute Gasteiger partial charge is 0.147 e. The Morgan fingerprint density at radius 3 is 3.00 bits per heavy atom. The highest BCUT2D eigenvalue weighted by atomic mass is 16.5. The van der Waals surface area contributed by atoms with Crippen LogP contribution in [0.4, 0.5) is 0 Å². The number of hydrogen-bond donors (Lipinski definition) is 1. The van der Waals surface area contributed by atoms with Crippen LogP contribution in [0.1, 0.15) is 55.9 Å². The Bertz CT molecular complexity index is 735. The molecule has 24 heavy (non-hydrogen) atoms. The molecule has 4 rings (SSSR count). The van der Waals surface area contributed by atoms with E-state index in [1.165, 1.54) is 30.4 Å². The van der Waals surface area contributed by atoms with Crippen molar-refractivity contribution in [3.63, 3.8) is 0 Å². The molecule has 2 aliphatic rings. The minimum absolute atomic E-state index is 0.0759. The molecule has 1 aromatic carbocycles. The number of ether oxygens (including phenoxy) is 1. The van der Waals surface area contributed by atoms with E-state index in [0.29, 0.717) is 0 Å². The Morgan fingerprint density at radius 1 is 1.17 bits per heavy atom. The van der Waals surface area contributed by atoms with Crippen LogP contribution in [-0.4, -0.2) is 20.4 Å². The van der Waals surface area contributed by atoms with Gasteiger partial charge in [0, 0.05) is 25.9 Å². The predicted octanol–water partition coefficient (Wildman–Crippen LogP) is 3.01. The number of fused-ring (bicyclic) bond motifs is 2. The lowest BCUT2D eigenvalue weighted by atomic mass is 10.0. The average molecular weight is 326 g/mol. The Kier molecular flexibility index (Phi) is 4.04. The molecular weight excluding hydrogens is 300 g/mol. The van der Waals surface area contributed by atoms with E-state index >= 15 is 0 Å². The molecule has 0 amide bonds. The summed E-state index contributed by atoms with van der Waals surface area (Å²) in [6, 6.07) is 6.52. The van der Waals surface area contributed by atoms with Crippen molar-refractivity contribution < 1.29 is 4.74 Å². The molecule has 3 heterocycles. The van der Waals surface area contributed by atoms with E-state index in [2.05, 4.69) is 52.1 Å². The summed E-state index contributed by atoms with van der Waals surface area (Å²) in [5.74, 6) is 3.25. The molecule has 0 radical (unpaired) electrons. The molecule has 0 unspecified atom stereocenters. The van der Waals surface area contributed by atoms with Gasteiger partial charge in [-0.3, -0.25) is 0 Å². The summed E-state index contributed by atoms with van der Waals surface area (Å²) < 4.78 is 8.25. The van der Waals surface area contributed by atoms with Gasteiger partial charge in [-0.15, -0.1) is 10.2 Å². The standard InChI is InChI=1S/C19H26N4O/c1-19(2)11-15-10-14(7-8-16(15)24-19)12-20-13-18-22-21-17-6-4-3-5-9-23(17)18/h7-8,10,20H,3-6,9,11-13H2,1-2H3. The molecule has 2 aromatic rings. The number of rotatable bonds is 4. The van der Waals surface area contributed by atoms with E-state index in [0.717, 1.165) is 49.9 Å². The number of nitrogens with one attached hydrogen (secondary N) is 1. The normalized spacial score (nSPS) is 18.6. The Hall–Kier alpha value is -1.88. The minimum Gasteiger partial charge on any atom is -0.487 e. The molecule has 0 fully saturated rings. The van der Waals surface area contributed by atoms with Crippen LogP contribution in [0.25, 0.3) is 0 Å². The van der Waals surface area contributed by atoms with Gasteiger partial charge in [0.15, 0.2) is 0 Å². The number of benzene rings is 1. The maximum Gasteiger partial charge on any atom is 0.147 e. The van der Waals surface area contributed by atoms with Crippen LogP contribution < -0.4 is 10.1 Å². The summed E-state index contributed by atoms with van der Waals surface area (Å²) in [6.45, 7) is 6.95. The van der Waals surface area contributed by atoms with Gasteiger partial charge < -0.3 is 14.6 Å². The van der Waals surface area contributed by atoms with Gasteiger partial charge >= 0.3 is 0 Å². The fourth-order valence-corrected chi connectivity index (χ4v) is 3.77. The first-order chi connectivity index (χ1) is 11.6. The third kappa shape index (κ3) is 3.18. The van der Waals surface area contributed by atoms with Crippen LogP contribution in [0.5, 0.6) is 5.75 Å². The van der Waals surface area contributed by atoms with Crippen molar-refractivity contribution in [2.45, 2.75) is 71.2 Å². The Balaban J connectivity index is 1.38. The summed E-state index contributed by atoms with van der Waals surface area (Å²) >= 11 is 0. The lowest BCUT2D eigenvalue weighted by molar-refractivity contribution is 0.138. The topological polar surface area (TPSA) is 52.0 Å². The fraction of sp³-hybridized carbons (Fsp3) is 0.579. The van der Waals surface area contributed by atoms with Gasteiger partial charge in [0.2, 0.25) is 0 Å². The van der Waals surface area contributed by atoms with Gasteiger partial charge in [-0.2, -0.15) is 0 Å². The molecular formula is C19H26N4O. The third-order valence-corrected chi connectivity index (χ3v) is 4.93. The first-order valence-electron chi connectivity index (χ1n) is 9.03. The van der Waals surface area contributed by atoms with Crippen molar-refractivity contribution in [2.75, 3.05) is 0 Å². The maximum atomic E-state index is 5.94. The second kappa shape index (κ2) is 6.20. The second-order valence-electron chi connectivity index (χ2n) is 7.58. The molecule has 1 aromatic heterocycles. The minimum atomic E-state index is -0.0759. The van der Waals surface area contributed by atoms with Gasteiger partial charge in [-0.1, -0.05) is 18.6 Å². The maximum absolute atomic E-state index is 5.94. The van der Waals surface area contributed by atoms with E-state index in [-0.39, 0.29) is 5.60 Å². The van der Waals surface area contributed by atoms with E-state index < -0.39 is 0 Å². The molecule has 0 saturated carbocycles. The molecule has 1 N–H and O–H groups in total. The summed E-state index contributed by atoms with van der Waals surface area (Å²) in [5, 5.41) is 12.3. The summed E-state index contributed by atoms with van der Waals surface area (Å²) in [4.78, 5) is 0. The lowest BCUT2D eigenvalue weighted by Gasteiger charge is -2.16. The van der Waals surface area contributed by atoms with Crippen molar-refractivity contribution in [3.8, 4) is 5.75 Å². The SMILES string of the molecule is CC1(C)Cc2cc(CNCc3nnc4n3CCCCC4)ccc2O1. The molecule has 5 nitrogen and oxygen atoms in total. The van der Waals surface area contributed by atoms with Crippen molar-refractivity contribution >= 4 is 0 Å². The first kappa shape index (κ1) is 15.6. The largest absolute Gasteiger partial charge is 0.487 e. The summed E-state index contributed by atoms with van der Waals surface area (Å²) in [6.07, 6.45) is 5.81. The van der Waals surface area contributed by atoms with E-state index in [1.54, 1.807) is 0 Å². The van der Waals surface area contributed by atoms with Gasteiger partial charge in [0.05, 0.1) is 6.54 Å². The quantitative estimate of drug-likeness (QED) is 0.938. The Morgan fingerprint density at radius 2 is 2.08 bits per heavy atom.